The highest BCUT2D eigenvalue weighted by atomic mass is 16.5. The molecule has 53 heavy (non-hydrogen) atoms. The summed E-state index contributed by atoms with van der Waals surface area (Å²) in [6, 6.07) is 33.5. The summed E-state index contributed by atoms with van der Waals surface area (Å²) in [5.74, 6) is 0.382. The van der Waals surface area contributed by atoms with Gasteiger partial charge in [0, 0.05) is 42.6 Å². The number of anilines is 2. The second-order valence-electron chi connectivity index (χ2n) is 15.0. The zero-order chi connectivity index (χ0) is 36.9. The Bertz CT molecular complexity index is 2120. The van der Waals surface area contributed by atoms with Crippen molar-refractivity contribution in [1.29, 1.82) is 0 Å². The molecule has 8 rings (SSSR count). The van der Waals surface area contributed by atoms with Crippen molar-refractivity contribution in [1.82, 2.24) is 15.0 Å². The standard InChI is InChI=1S/C43H45N5O5/c1-28-39(42(2,3)31-15-18-33(52-4)19-16-31)37(21-23-46-27-35(44-45-46)40(50)30-13-9-6-10-14-30)53-43(28)34-25-32(47-24-22-38(47)49)17-20-36(34)48(41(43)51)26-29-11-7-5-8-12-29/h5-20,25,27-28,37,39-40,50H,21-24,26H2,1-4H3/t28-,37+,39-,40+,43+/m0/s1. The number of carbonyl (C=O) groups excluding carboxylic acids is 2. The van der Waals surface area contributed by atoms with E-state index in [1.807, 2.05) is 95.9 Å². The Labute approximate surface area is 310 Å². The lowest BCUT2D eigenvalue weighted by molar-refractivity contribution is -0.146. The number of aryl methyl sites for hydroxylation is 1. The van der Waals surface area contributed by atoms with Crippen molar-refractivity contribution in [3.05, 3.63) is 137 Å². The van der Waals surface area contributed by atoms with Crippen LogP contribution in [0.15, 0.2) is 109 Å². The molecule has 10 heteroatoms. The molecule has 1 spiro atoms. The summed E-state index contributed by atoms with van der Waals surface area (Å²) >= 11 is 0. The maximum Gasteiger partial charge on any atom is 0.264 e. The number of nitrogens with zero attached hydrogens (tertiary/aromatic N) is 5. The van der Waals surface area contributed by atoms with E-state index < -0.39 is 17.1 Å². The number of amides is 2. The van der Waals surface area contributed by atoms with E-state index in [4.69, 9.17) is 9.47 Å². The number of carbonyl (C=O) groups is 2. The van der Waals surface area contributed by atoms with Crippen molar-refractivity contribution < 1.29 is 24.2 Å². The van der Waals surface area contributed by atoms with Crippen molar-refractivity contribution in [2.75, 3.05) is 23.5 Å². The van der Waals surface area contributed by atoms with Gasteiger partial charge < -0.3 is 24.4 Å². The van der Waals surface area contributed by atoms with E-state index in [0.29, 0.717) is 38.2 Å². The van der Waals surface area contributed by atoms with Crippen molar-refractivity contribution >= 4 is 23.2 Å². The van der Waals surface area contributed by atoms with Crippen LogP contribution in [-0.2, 0) is 38.4 Å². The third-order valence-electron chi connectivity index (χ3n) is 11.8. The lowest BCUT2D eigenvalue weighted by Gasteiger charge is -2.39. The molecule has 272 valence electrons. The molecule has 2 saturated heterocycles. The summed E-state index contributed by atoms with van der Waals surface area (Å²) in [5.41, 5.74) is 4.01. The van der Waals surface area contributed by atoms with Gasteiger partial charge in [-0.05, 0) is 58.9 Å². The molecular formula is C43H45N5O5. The maximum atomic E-state index is 15.2. The van der Waals surface area contributed by atoms with Gasteiger partial charge in [-0.15, -0.1) is 5.10 Å². The van der Waals surface area contributed by atoms with Gasteiger partial charge in [0.25, 0.3) is 5.91 Å². The Kier molecular flexibility index (Phi) is 8.91. The topological polar surface area (TPSA) is 110 Å². The van der Waals surface area contributed by atoms with Gasteiger partial charge >= 0.3 is 0 Å². The minimum absolute atomic E-state index is 0.0748. The third-order valence-corrected chi connectivity index (χ3v) is 11.8. The zero-order valence-electron chi connectivity index (χ0n) is 30.6. The summed E-state index contributed by atoms with van der Waals surface area (Å²) in [4.78, 5) is 31.5. The molecule has 2 fully saturated rings. The van der Waals surface area contributed by atoms with Crippen LogP contribution in [0.1, 0.15) is 67.7 Å². The fourth-order valence-electron chi connectivity index (χ4n) is 8.86. The SMILES string of the molecule is COc1ccc(C(C)(C)[C@@H]2[C@@H](CCn3cc([C@H](O)c4ccccc4)nn3)O[C@]3(C(=O)N(Cc4ccccc4)c4ccc(N5CCC5=O)cc43)[C@H]2C)cc1. The number of rotatable bonds is 11. The third kappa shape index (κ3) is 5.90. The van der Waals surface area contributed by atoms with E-state index >= 15 is 4.79 Å². The van der Waals surface area contributed by atoms with Gasteiger partial charge in [0.1, 0.15) is 17.5 Å². The van der Waals surface area contributed by atoms with Crippen LogP contribution < -0.4 is 14.5 Å². The predicted octanol–water partition coefficient (Wildman–Crippen LogP) is 6.57. The summed E-state index contributed by atoms with van der Waals surface area (Å²) < 4.78 is 14.6. The van der Waals surface area contributed by atoms with Crippen LogP contribution in [0.2, 0.25) is 0 Å². The highest BCUT2D eigenvalue weighted by Gasteiger charge is 2.66. The molecule has 5 aromatic rings. The lowest BCUT2D eigenvalue weighted by atomic mass is 9.63. The fraction of sp³-hybridized carbons (Fsp3) is 0.349. The Morgan fingerprint density at radius 3 is 2.36 bits per heavy atom. The van der Waals surface area contributed by atoms with Crippen LogP contribution in [0.25, 0.3) is 0 Å². The highest BCUT2D eigenvalue weighted by molar-refractivity contribution is 6.08. The number of aliphatic hydroxyl groups is 1. The predicted molar refractivity (Wildman–Crippen MR) is 201 cm³/mol. The maximum absolute atomic E-state index is 15.2. The minimum atomic E-state index is -1.29. The Balaban J connectivity index is 1.19. The van der Waals surface area contributed by atoms with Crippen LogP contribution in [-0.4, -0.2) is 51.7 Å². The Morgan fingerprint density at radius 1 is 0.981 bits per heavy atom. The molecule has 1 aromatic heterocycles. The second kappa shape index (κ2) is 13.6. The van der Waals surface area contributed by atoms with Crippen molar-refractivity contribution in [3.8, 4) is 5.75 Å². The molecule has 0 bridgehead atoms. The number of ether oxygens (including phenoxy) is 2. The van der Waals surface area contributed by atoms with Gasteiger partial charge in [-0.1, -0.05) is 98.8 Å². The van der Waals surface area contributed by atoms with Crippen LogP contribution in [0.5, 0.6) is 5.75 Å². The molecule has 0 aliphatic carbocycles. The average molecular weight is 712 g/mol. The number of aliphatic hydroxyl groups excluding tert-OH is 1. The largest absolute Gasteiger partial charge is 0.497 e. The fourth-order valence-corrected chi connectivity index (χ4v) is 8.86. The summed E-state index contributed by atoms with van der Waals surface area (Å²) in [6.45, 7) is 8.12. The highest BCUT2D eigenvalue weighted by Crippen LogP contribution is 2.60. The number of hydrogen-bond acceptors (Lipinski definition) is 7. The van der Waals surface area contributed by atoms with Gasteiger partial charge in [0.05, 0.1) is 31.6 Å². The number of hydrogen-bond donors (Lipinski definition) is 1. The van der Waals surface area contributed by atoms with Gasteiger partial charge in [-0.2, -0.15) is 0 Å². The number of β-lactam (4-membered cyclic amide) rings is 1. The van der Waals surface area contributed by atoms with Gasteiger partial charge in [0.15, 0.2) is 5.60 Å². The van der Waals surface area contributed by atoms with E-state index in [-0.39, 0.29) is 29.8 Å². The van der Waals surface area contributed by atoms with Gasteiger partial charge in [0.2, 0.25) is 5.91 Å². The molecule has 4 heterocycles. The molecule has 2 amide bonds. The molecule has 3 aliphatic rings. The number of methoxy groups -OCH3 is 1. The quantitative estimate of drug-likeness (QED) is 0.155. The van der Waals surface area contributed by atoms with Crippen LogP contribution in [0.3, 0.4) is 0 Å². The van der Waals surface area contributed by atoms with E-state index in [1.54, 1.807) is 22.9 Å². The lowest BCUT2D eigenvalue weighted by Crippen LogP contribution is -2.46. The molecule has 0 unspecified atom stereocenters. The number of aromatic nitrogens is 3. The molecule has 10 nitrogen and oxygen atoms in total. The summed E-state index contributed by atoms with van der Waals surface area (Å²) in [5, 5.41) is 19.7. The van der Waals surface area contributed by atoms with Crippen molar-refractivity contribution in [2.45, 2.75) is 69.9 Å². The van der Waals surface area contributed by atoms with E-state index in [2.05, 4.69) is 43.2 Å². The van der Waals surface area contributed by atoms with Crippen LogP contribution in [0, 0.1) is 11.8 Å². The Morgan fingerprint density at radius 2 is 1.70 bits per heavy atom. The monoisotopic (exact) mass is 711 g/mol. The van der Waals surface area contributed by atoms with Crippen LogP contribution in [0.4, 0.5) is 11.4 Å². The number of fused-ring (bicyclic) bond motifs is 2. The number of benzene rings is 4. The molecule has 5 atom stereocenters. The van der Waals surface area contributed by atoms with Crippen LogP contribution >= 0.6 is 0 Å². The van der Waals surface area contributed by atoms with E-state index in [1.165, 1.54) is 0 Å². The van der Waals surface area contributed by atoms with Gasteiger partial charge in [-0.3, -0.25) is 14.3 Å². The normalized spacial score (nSPS) is 23.0. The molecule has 0 saturated carbocycles. The first-order chi connectivity index (χ1) is 25.6. The van der Waals surface area contributed by atoms with Gasteiger partial charge in [-0.25, -0.2) is 0 Å². The van der Waals surface area contributed by atoms with E-state index in [0.717, 1.165) is 39.4 Å². The van der Waals surface area contributed by atoms with E-state index in [9.17, 15) is 9.90 Å². The molecule has 3 aliphatic heterocycles. The molecule has 1 N–H and O–H groups in total. The van der Waals surface area contributed by atoms with Crippen molar-refractivity contribution in [3.63, 3.8) is 0 Å². The second-order valence-corrected chi connectivity index (χ2v) is 15.0. The molecular weight excluding hydrogens is 667 g/mol. The first-order valence-corrected chi connectivity index (χ1v) is 18.4. The smallest absolute Gasteiger partial charge is 0.264 e. The van der Waals surface area contributed by atoms with Crippen molar-refractivity contribution in [2.24, 2.45) is 11.8 Å². The Hall–Kier alpha value is -5.32. The average Bonchev–Trinajstić information content (AvgIpc) is 3.84. The summed E-state index contributed by atoms with van der Waals surface area (Å²) in [7, 11) is 1.66. The summed E-state index contributed by atoms with van der Waals surface area (Å²) in [6.07, 6.45) is 1.58. The first-order valence-electron chi connectivity index (χ1n) is 18.4. The molecule has 4 aromatic carbocycles. The minimum Gasteiger partial charge on any atom is -0.497 e. The molecule has 0 radical (unpaired) electrons. The first kappa shape index (κ1) is 34.7. The zero-order valence-corrected chi connectivity index (χ0v) is 30.6.